The topological polar surface area (TPSA) is 89.0 Å². The van der Waals surface area contributed by atoms with Crippen molar-refractivity contribution in [2.24, 2.45) is 5.10 Å². The van der Waals surface area contributed by atoms with Gasteiger partial charge >= 0.3 is 11.8 Å². The summed E-state index contributed by atoms with van der Waals surface area (Å²) in [4.78, 5) is 24.1. The zero-order valence-corrected chi connectivity index (χ0v) is 17.6. The van der Waals surface area contributed by atoms with Crippen molar-refractivity contribution in [2.75, 3.05) is 12.4 Å². The molecular weight excluding hydrogens is 413 g/mol. The van der Waals surface area contributed by atoms with E-state index in [2.05, 4.69) is 15.8 Å². The molecule has 32 heavy (non-hydrogen) atoms. The van der Waals surface area contributed by atoms with E-state index < -0.39 is 11.8 Å². The number of halogens is 1. The quantitative estimate of drug-likeness (QED) is 0.336. The molecule has 0 radical (unpaired) electrons. The lowest BCUT2D eigenvalue weighted by molar-refractivity contribution is -0.136. The summed E-state index contributed by atoms with van der Waals surface area (Å²) < 4.78 is 24.3. The molecule has 0 bridgehead atoms. The molecule has 0 aliphatic rings. The third kappa shape index (κ3) is 6.15. The van der Waals surface area contributed by atoms with E-state index in [0.717, 1.165) is 11.1 Å². The highest BCUT2D eigenvalue weighted by Gasteiger charge is 2.14. The summed E-state index contributed by atoms with van der Waals surface area (Å²) >= 11 is 0. The predicted octanol–water partition coefficient (Wildman–Crippen LogP) is 3.81. The van der Waals surface area contributed by atoms with Gasteiger partial charge in [-0.05, 0) is 54.4 Å². The summed E-state index contributed by atoms with van der Waals surface area (Å²) in [5.74, 6) is -1.24. The highest BCUT2D eigenvalue weighted by Crippen LogP contribution is 2.30. The Morgan fingerprint density at radius 3 is 2.50 bits per heavy atom. The van der Waals surface area contributed by atoms with Crippen molar-refractivity contribution in [3.8, 4) is 11.5 Å². The van der Waals surface area contributed by atoms with Crippen LogP contribution in [-0.2, 0) is 16.2 Å². The fourth-order valence-electron chi connectivity index (χ4n) is 2.81. The molecular formula is C24H22FN3O4. The van der Waals surface area contributed by atoms with Crippen LogP contribution in [0.15, 0.2) is 71.8 Å². The van der Waals surface area contributed by atoms with E-state index in [-0.39, 0.29) is 12.4 Å². The highest BCUT2D eigenvalue weighted by molar-refractivity contribution is 6.39. The van der Waals surface area contributed by atoms with Crippen LogP contribution in [0.2, 0.25) is 0 Å². The lowest BCUT2D eigenvalue weighted by Gasteiger charge is -2.13. The van der Waals surface area contributed by atoms with Crippen LogP contribution in [0, 0.1) is 12.7 Å². The number of aryl methyl sites for hydroxylation is 1. The van der Waals surface area contributed by atoms with E-state index in [4.69, 9.17) is 9.47 Å². The second-order valence-corrected chi connectivity index (χ2v) is 6.82. The van der Waals surface area contributed by atoms with Gasteiger partial charge < -0.3 is 14.8 Å². The first-order valence-corrected chi connectivity index (χ1v) is 9.71. The summed E-state index contributed by atoms with van der Waals surface area (Å²) in [5.41, 5.74) is 4.94. The van der Waals surface area contributed by atoms with E-state index >= 15 is 0 Å². The van der Waals surface area contributed by atoms with Gasteiger partial charge in [-0.15, -0.1) is 0 Å². The molecule has 0 fully saturated rings. The Morgan fingerprint density at radius 1 is 1.03 bits per heavy atom. The molecule has 0 aliphatic heterocycles. The molecule has 164 valence electrons. The van der Waals surface area contributed by atoms with Crippen LogP contribution in [0.5, 0.6) is 11.5 Å². The molecule has 0 saturated carbocycles. The average Bonchev–Trinajstić information content (AvgIpc) is 2.79. The van der Waals surface area contributed by atoms with E-state index in [1.54, 1.807) is 48.5 Å². The van der Waals surface area contributed by atoms with E-state index in [0.29, 0.717) is 22.7 Å². The minimum Gasteiger partial charge on any atom is -0.493 e. The number of ether oxygens (including phenoxy) is 2. The van der Waals surface area contributed by atoms with Crippen molar-refractivity contribution in [2.45, 2.75) is 13.5 Å². The molecule has 7 nitrogen and oxygen atoms in total. The van der Waals surface area contributed by atoms with Crippen LogP contribution in [0.4, 0.5) is 10.1 Å². The molecule has 3 aromatic carbocycles. The maximum Gasteiger partial charge on any atom is 0.329 e. The molecule has 0 saturated heterocycles. The van der Waals surface area contributed by atoms with Crippen molar-refractivity contribution in [1.29, 1.82) is 0 Å². The van der Waals surface area contributed by atoms with Gasteiger partial charge in [-0.3, -0.25) is 9.59 Å². The van der Waals surface area contributed by atoms with Crippen LogP contribution >= 0.6 is 0 Å². The number of hydrogen-bond donors (Lipinski definition) is 2. The smallest absolute Gasteiger partial charge is 0.329 e. The second kappa shape index (κ2) is 10.7. The molecule has 0 spiro atoms. The van der Waals surface area contributed by atoms with E-state index in [1.165, 1.54) is 25.5 Å². The Labute approximate surface area is 184 Å². The monoisotopic (exact) mass is 435 g/mol. The first-order chi connectivity index (χ1) is 15.5. The number of hydrazone groups is 1. The number of hydrogen-bond acceptors (Lipinski definition) is 5. The third-order valence-corrected chi connectivity index (χ3v) is 4.38. The fraction of sp³-hybridized carbons (Fsp3) is 0.125. The van der Waals surface area contributed by atoms with E-state index in [1.807, 2.05) is 13.0 Å². The third-order valence-electron chi connectivity index (χ3n) is 4.38. The largest absolute Gasteiger partial charge is 0.493 e. The minimum absolute atomic E-state index is 0.173. The van der Waals surface area contributed by atoms with Gasteiger partial charge in [-0.1, -0.05) is 30.3 Å². The van der Waals surface area contributed by atoms with Gasteiger partial charge in [0.05, 0.1) is 13.3 Å². The second-order valence-electron chi connectivity index (χ2n) is 6.82. The Bertz CT molecular complexity index is 1130. The number of benzene rings is 3. The average molecular weight is 435 g/mol. The number of rotatable bonds is 7. The van der Waals surface area contributed by atoms with Crippen LogP contribution in [0.25, 0.3) is 0 Å². The van der Waals surface area contributed by atoms with Crippen LogP contribution in [0.1, 0.15) is 16.7 Å². The van der Waals surface area contributed by atoms with Crippen molar-refractivity contribution < 1.29 is 23.5 Å². The zero-order valence-electron chi connectivity index (χ0n) is 17.6. The SMILES string of the molecule is COc1cccc(/C=N\NC(=O)C(=O)Nc2cccc(C)c2)c1OCc1ccc(F)cc1. The van der Waals surface area contributed by atoms with Crippen molar-refractivity contribution in [3.63, 3.8) is 0 Å². The zero-order chi connectivity index (χ0) is 22.9. The first-order valence-electron chi connectivity index (χ1n) is 9.71. The summed E-state index contributed by atoms with van der Waals surface area (Å²) in [7, 11) is 1.50. The molecule has 0 aliphatic carbocycles. The van der Waals surface area contributed by atoms with Gasteiger partial charge in [0.1, 0.15) is 12.4 Å². The number of nitrogens with one attached hydrogen (secondary N) is 2. The summed E-state index contributed by atoms with van der Waals surface area (Å²) in [6, 6.07) is 18.2. The Morgan fingerprint density at radius 2 is 1.78 bits per heavy atom. The van der Waals surface area contributed by atoms with Gasteiger partial charge in [-0.2, -0.15) is 5.10 Å². The Balaban J connectivity index is 1.65. The van der Waals surface area contributed by atoms with Gasteiger partial charge in [0.25, 0.3) is 0 Å². The van der Waals surface area contributed by atoms with Crippen molar-refractivity contribution in [1.82, 2.24) is 5.43 Å². The molecule has 2 amide bonds. The number of carbonyl (C=O) groups is 2. The molecule has 0 aromatic heterocycles. The van der Waals surface area contributed by atoms with E-state index in [9.17, 15) is 14.0 Å². The minimum atomic E-state index is -0.917. The number of nitrogens with zero attached hydrogens (tertiary/aromatic N) is 1. The summed E-state index contributed by atoms with van der Waals surface area (Å²) in [6.45, 7) is 2.05. The maximum absolute atomic E-state index is 13.1. The Hall–Kier alpha value is -4.20. The number of amides is 2. The fourth-order valence-corrected chi connectivity index (χ4v) is 2.81. The van der Waals surface area contributed by atoms with Crippen molar-refractivity contribution in [3.05, 3.63) is 89.2 Å². The molecule has 0 unspecified atom stereocenters. The van der Waals surface area contributed by atoms with Crippen LogP contribution in [0.3, 0.4) is 0 Å². The van der Waals surface area contributed by atoms with Gasteiger partial charge in [-0.25, -0.2) is 9.82 Å². The predicted molar refractivity (Wildman–Crippen MR) is 119 cm³/mol. The lowest BCUT2D eigenvalue weighted by Crippen LogP contribution is -2.32. The molecule has 3 rings (SSSR count). The molecule has 3 aromatic rings. The lowest BCUT2D eigenvalue weighted by atomic mass is 10.2. The number of carbonyl (C=O) groups excluding carboxylic acids is 2. The number of para-hydroxylation sites is 1. The standard InChI is InChI=1S/C24H22FN3O4/c1-16-5-3-7-20(13-16)27-23(29)24(30)28-26-14-18-6-4-8-21(31-2)22(18)32-15-17-9-11-19(25)12-10-17/h3-14H,15H2,1-2H3,(H,27,29)(H,28,30)/b26-14-. The first kappa shape index (κ1) is 22.5. The normalized spacial score (nSPS) is 10.6. The van der Waals surface area contributed by atoms with Crippen LogP contribution in [-0.4, -0.2) is 25.1 Å². The Kier molecular flexibility index (Phi) is 7.53. The van der Waals surface area contributed by atoms with Crippen LogP contribution < -0.4 is 20.2 Å². The number of anilines is 1. The van der Waals surface area contributed by atoms with Crippen molar-refractivity contribution >= 4 is 23.7 Å². The molecule has 0 heterocycles. The molecule has 2 N–H and O–H groups in total. The summed E-state index contributed by atoms with van der Waals surface area (Å²) in [6.07, 6.45) is 1.35. The number of methoxy groups -OCH3 is 1. The highest BCUT2D eigenvalue weighted by atomic mass is 19.1. The van der Waals surface area contributed by atoms with Gasteiger partial charge in [0.2, 0.25) is 0 Å². The molecule has 8 heteroatoms. The molecule has 0 atom stereocenters. The van der Waals surface area contributed by atoms with Gasteiger partial charge in [0.15, 0.2) is 11.5 Å². The van der Waals surface area contributed by atoms with Gasteiger partial charge in [0, 0.05) is 11.3 Å². The maximum atomic E-state index is 13.1. The summed E-state index contributed by atoms with van der Waals surface area (Å²) in [5, 5.41) is 6.36.